The van der Waals surface area contributed by atoms with Crippen LogP contribution in [0.1, 0.15) is 29.9 Å². The molecule has 1 aromatic heterocycles. The van der Waals surface area contributed by atoms with Crippen LogP contribution in [0.2, 0.25) is 0 Å². The molecule has 0 aromatic carbocycles. The summed E-state index contributed by atoms with van der Waals surface area (Å²) in [5.74, 6) is 0.238. The van der Waals surface area contributed by atoms with E-state index in [9.17, 15) is 4.79 Å². The molecule has 2 heterocycles. The van der Waals surface area contributed by atoms with Crippen molar-refractivity contribution in [3.63, 3.8) is 0 Å². The Morgan fingerprint density at radius 3 is 3.06 bits per heavy atom. The summed E-state index contributed by atoms with van der Waals surface area (Å²) >= 11 is 0. The smallest absolute Gasteiger partial charge is 0.261 e. The van der Waals surface area contributed by atoms with Gasteiger partial charge in [0.25, 0.3) is 5.91 Å². The van der Waals surface area contributed by atoms with E-state index < -0.39 is 0 Å². The molecular formula is C12H18N4O2. The van der Waals surface area contributed by atoms with E-state index in [-0.39, 0.29) is 5.91 Å². The normalized spacial score (nSPS) is 16.8. The number of ether oxygens (including phenoxy) is 1. The Morgan fingerprint density at radius 2 is 2.39 bits per heavy atom. The van der Waals surface area contributed by atoms with Gasteiger partial charge in [0.15, 0.2) is 0 Å². The predicted octanol–water partition coefficient (Wildman–Crippen LogP) is 0.692. The molecule has 1 aliphatic heterocycles. The van der Waals surface area contributed by atoms with E-state index in [2.05, 4.69) is 10.4 Å². The van der Waals surface area contributed by atoms with Gasteiger partial charge in [-0.25, -0.2) is 4.68 Å². The summed E-state index contributed by atoms with van der Waals surface area (Å²) in [5, 5.41) is 7.18. The van der Waals surface area contributed by atoms with Crippen molar-refractivity contribution in [3.05, 3.63) is 23.0 Å². The first-order valence-electron chi connectivity index (χ1n) is 6.06. The molecule has 1 aliphatic rings. The van der Waals surface area contributed by atoms with E-state index in [1.807, 2.05) is 19.9 Å². The van der Waals surface area contributed by atoms with Crippen LogP contribution in [0.15, 0.2) is 11.8 Å². The monoisotopic (exact) mass is 250 g/mol. The van der Waals surface area contributed by atoms with Crippen LogP contribution in [0.4, 0.5) is 5.82 Å². The van der Waals surface area contributed by atoms with Gasteiger partial charge in [0, 0.05) is 18.7 Å². The van der Waals surface area contributed by atoms with Crippen molar-refractivity contribution in [1.82, 2.24) is 15.1 Å². The number of carbonyl (C=O) groups is 1. The number of hydrogen-bond donors (Lipinski definition) is 2. The molecule has 0 fully saturated rings. The molecule has 0 radical (unpaired) electrons. The van der Waals surface area contributed by atoms with Gasteiger partial charge in [0.1, 0.15) is 11.4 Å². The van der Waals surface area contributed by atoms with Crippen LogP contribution in [0.5, 0.6) is 0 Å². The van der Waals surface area contributed by atoms with Crippen LogP contribution in [-0.2, 0) is 17.7 Å². The van der Waals surface area contributed by atoms with Crippen molar-refractivity contribution in [2.75, 3.05) is 18.9 Å². The van der Waals surface area contributed by atoms with Gasteiger partial charge in [-0.3, -0.25) is 4.79 Å². The van der Waals surface area contributed by atoms with E-state index in [0.29, 0.717) is 37.6 Å². The largest absolute Gasteiger partial charge is 0.383 e. The standard InChI is InChI=1S/C12H18N4O2/c1-3-8-7-9-10(12(17)14-8)11(13)16(15-9)5-6-18-4-2/h3H,4-7,13H2,1-2H3,(H,14,17)/b8-3+. The molecule has 0 saturated carbocycles. The quantitative estimate of drug-likeness (QED) is 0.770. The zero-order chi connectivity index (χ0) is 13.1. The number of rotatable bonds is 4. The fourth-order valence-corrected chi connectivity index (χ4v) is 1.97. The van der Waals surface area contributed by atoms with Gasteiger partial charge in [-0.15, -0.1) is 0 Å². The molecule has 1 amide bonds. The first-order chi connectivity index (χ1) is 8.67. The number of nitrogens with two attached hydrogens (primary N) is 1. The zero-order valence-electron chi connectivity index (χ0n) is 10.7. The van der Waals surface area contributed by atoms with Crippen LogP contribution in [0.25, 0.3) is 0 Å². The van der Waals surface area contributed by atoms with Gasteiger partial charge in [0.05, 0.1) is 18.8 Å². The SMILES string of the molecule is C/C=C1\Cc2nn(CCOCC)c(N)c2C(=O)N1. The molecule has 3 N–H and O–H groups in total. The summed E-state index contributed by atoms with van der Waals surface area (Å²) < 4.78 is 6.90. The highest BCUT2D eigenvalue weighted by atomic mass is 16.5. The summed E-state index contributed by atoms with van der Waals surface area (Å²) in [5.41, 5.74) is 8.05. The van der Waals surface area contributed by atoms with Crippen LogP contribution < -0.4 is 11.1 Å². The number of anilines is 1. The fraction of sp³-hybridized carbons (Fsp3) is 0.500. The van der Waals surface area contributed by atoms with Crippen molar-refractivity contribution in [1.29, 1.82) is 0 Å². The molecule has 0 spiro atoms. The number of amides is 1. The first kappa shape index (κ1) is 12.6. The lowest BCUT2D eigenvalue weighted by Gasteiger charge is -2.14. The van der Waals surface area contributed by atoms with E-state index in [0.717, 1.165) is 11.4 Å². The van der Waals surface area contributed by atoms with Gasteiger partial charge >= 0.3 is 0 Å². The van der Waals surface area contributed by atoms with Crippen LogP contribution in [-0.4, -0.2) is 28.9 Å². The Morgan fingerprint density at radius 1 is 1.61 bits per heavy atom. The zero-order valence-corrected chi connectivity index (χ0v) is 10.7. The second-order valence-corrected chi connectivity index (χ2v) is 4.07. The maximum atomic E-state index is 11.9. The van der Waals surface area contributed by atoms with E-state index >= 15 is 0 Å². The Kier molecular flexibility index (Phi) is 3.66. The minimum atomic E-state index is -0.176. The molecular weight excluding hydrogens is 232 g/mol. The number of aromatic nitrogens is 2. The molecule has 0 aliphatic carbocycles. The van der Waals surface area contributed by atoms with E-state index in [1.165, 1.54) is 0 Å². The second kappa shape index (κ2) is 5.22. The summed E-state index contributed by atoms with van der Waals surface area (Å²) in [6, 6.07) is 0. The number of allylic oxidation sites excluding steroid dienone is 2. The highest BCUT2D eigenvalue weighted by molar-refractivity contribution is 6.01. The molecule has 18 heavy (non-hydrogen) atoms. The maximum absolute atomic E-state index is 11.9. The van der Waals surface area contributed by atoms with Crippen molar-refractivity contribution in [2.24, 2.45) is 0 Å². The summed E-state index contributed by atoms with van der Waals surface area (Å²) in [6.45, 7) is 5.58. The molecule has 0 unspecified atom stereocenters. The molecule has 0 bridgehead atoms. The summed E-state index contributed by atoms with van der Waals surface area (Å²) in [7, 11) is 0. The third kappa shape index (κ3) is 2.24. The molecule has 0 atom stereocenters. The predicted molar refractivity (Wildman–Crippen MR) is 68.1 cm³/mol. The number of hydrogen-bond acceptors (Lipinski definition) is 4. The van der Waals surface area contributed by atoms with Gasteiger partial charge in [0.2, 0.25) is 0 Å². The molecule has 6 heteroatoms. The molecule has 0 saturated heterocycles. The molecule has 1 aromatic rings. The first-order valence-corrected chi connectivity index (χ1v) is 6.06. The number of fused-ring (bicyclic) bond motifs is 1. The maximum Gasteiger partial charge on any atom is 0.261 e. The number of nitrogen functional groups attached to an aromatic ring is 1. The molecule has 98 valence electrons. The Bertz CT molecular complexity index is 491. The van der Waals surface area contributed by atoms with Crippen LogP contribution >= 0.6 is 0 Å². The third-order valence-corrected chi connectivity index (χ3v) is 2.92. The number of carbonyl (C=O) groups excluding carboxylic acids is 1. The van der Waals surface area contributed by atoms with Crippen molar-refractivity contribution < 1.29 is 9.53 Å². The summed E-state index contributed by atoms with van der Waals surface area (Å²) in [4.78, 5) is 11.9. The molecule has 2 rings (SSSR count). The second-order valence-electron chi connectivity index (χ2n) is 4.07. The topological polar surface area (TPSA) is 82.2 Å². The third-order valence-electron chi connectivity index (χ3n) is 2.92. The van der Waals surface area contributed by atoms with Gasteiger partial charge in [-0.2, -0.15) is 5.10 Å². The van der Waals surface area contributed by atoms with Crippen molar-refractivity contribution >= 4 is 11.7 Å². The Labute approximate surface area is 106 Å². The number of nitrogens with zero attached hydrogens (tertiary/aromatic N) is 2. The van der Waals surface area contributed by atoms with Crippen molar-refractivity contribution in [3.8, 4) is 0 Å². The van der Waals surface area contributed by atoms with Gasteiger partial charge in [-0.05, 0) is 13.8 Å². The van der Waals surface area contributed by atoms with E-state index in [1.54, 1.807) is 4.68 Å². The fourth-order valence-electron chi connectivity index (χ4n) is 1.97. The van der Waals surface area contributed by atoms with Crippen molar-refractivity contribution in [2.45, 2.75) is 26.8 Å². The summed E-state index contributed by atoms with van der Waals surface area (Å²) in [6.07, 6.45) is 2.49. The van der Waals surface area contributed by atoms with Gasteiger partial charge in [-0.1, -0.05) is 6.08 Å². The molecule has 6 nitrogen and oxygen atoms in total. The highest BCUT2D eigenvalue weighted by Gasteiger charge is 2.27. The average molecular weight is 250 g/mol. The van der Waals surface area contributed by atoms with Crippen LogP contribution in [0.3, 0.4) is 0 Å². The van der Waals surface area contributed by atoms with E-state index in [4.69, 9.17) is 10.5 Å². The minimum Gasteiger partial charge on any atom is -0.383 e. The Hall–Kier alpha value is -1.82. The highest BCUT2D eigenvalue weighted by Crippen LogP contribution is 2.23. The van der Waals surface area contributed by atoms with Gasteiger partial charge < -0.3 is 15.8 Å². The minimum absolute atomic E-state index is 0.176. The number of nitrogens with one attached hydrogen (secondary N) is 1. The van der Waals surface area contributed by atoms with Crippen LogP contribution in [0, 0.1) is 0 Å². The Balaban J connectivity index is 2.24. The lowest BCUT2D eigenvalue weighted by molar-refractivity contribution is 0.0959. The lowest BCUT2D eigenvalue weighted by Crippen LogP contribution is -2.30. The lowest BCUT2D eigenvalue weighted by atomic mass is 10.1. The average Bonchev–Trinajstić information content (AvgIpc) is 2.67.